The molecular formula is C23H26N4O. The molecular weight excluding hydrogens is 348 g/mol. The number of hydrogen-bond acceptors (Lipinski definition) is 4. The molecule has 1 saturated heterocycles. The van der Waals surface area contributed by atoms with Crippen LogP contribution in [0.3, 0.4) is 0 Å². The van der Waals surface area contributed by atoms with Crippen LogP contribution >= 0.6 is 0 Å². The molecule has 0 amide bonds. The van der Waals surface area contributed by atoms with Gasteiger partial charge in [0, 0.05) is 30.0 Å². The molecule has 5 nitrogen and oxygen atoms in total. The van der Waals surface area contributed by atoms with E-state index in [0.29, 0.717) is 0 Å². The Labute approximate surface area is 165 Å². The van der Waals surface area contributed by atoms with E-state index in [1.807, 2.05) is 0 Å². The first-order valence-electron chi connectivity index (χ1n) is 9.97. The Balaban J connectivity index is 1.53. The number of aromatic nitrogens is 2. The molecule has 2 aliphatic heterocycles. The minimum Gasteiger partial charge on any atom is -0.378 e. The molecule has 5 rings (SSSR count). The predicted molar refractivity (Wildman–Crippen MR) is 113 cm³/mol. The number of ether oxygens (including phenoxy) is 1. The van der Waals surface area contributed by atoms with Crippen LogP contribution in [-0.2, 0) is 4.74 Å². The molecule has 28 heavy (non-hydrogen) atoms. The predicted octanol–water partition coefficient (Wildman–Crippen LogP) is 4.28. The van der Waals surface area contributed by atoms with Crippen molar-refractivity contribution in [3.8, 4) is 11.3 Å². The van der Waals surface area contributed by atoms with Gasteiger partial charge in [0.1, 0.15) is 6.17 Å². The molecule has 1 atom stereocenters. The fourth-order valence-electron chi connectivity index (χ4n) is 4.39. The average Bonchev–Trinajstić information content (AvgIpc) is 3.10. The van der Waals surface area contributed by atoms with Gasteiger partial charge in [-0.05, 0) is 56.2 Å². The lowest BCUT2D eigenvalue weighted by molar-refractivity contribution is 0.122. The second kappa shape index (κ2) is 6.67. The van der Waals surface area contributed by atoms with E-state index >= 15 is 0 Å². The topological polar surface area (TPSA) is 42.3 Å². The minimum atomic E-state index is -0.00338. The molecule has 144 valence electrons. The van der Waals surface area contributed by atoms with Gasteiger partial charge >= 0.3 is 0 Å². The first-order chi connectivity index (χ1) is 13.6. The van der Waals surface area contributed by atoms with Crippen molar-refractivity contribution in [2.75, 3.05) is 36.5 Å². The third-order valence-electron chi connectivity index (χ3n) is 5.72. The maximum absolute atomic E-state index is 5.47. The van der Waals surface area contributed by atoms with Crippen LogP contribution in [0.25, 0.3) is 11.3 Å². The van der Waals surface area contributed by atoms with E-state index in [0.717, 1.165) is 32.0 Å². The number of benzene rings is 2. The Bertz CT molecular complexity index is 1020. The van der Waals surface area contributed by atoms with Gasteiger partial charge in [0.15, 0.2) is 0 Å². The quantitative estimate of drug-likeness (QED) is 0.727. The molecule has 0 aliphatic carbocycles. The van der Waals surface area contributed by atoms with Gasteiger partial charge in [0.25, 0.3) is 0 Å². The van der Waals surface area contributed by atoms with Crippen LogP contribution in [0.4, 0.5) is 11.4 Å². The summed E-state index contributed by atoms with van der Waals surface area (Å²) >= 11 is 0. The molecule has 1 aromatic heterocycles. The Hall–Kier alpha value is -2.79. The van der Waals surface area contributed by atoms with E-state index in [2.05, 4.69) is 78.1 Å². The summed E-state index contributed by atoms with van der Waals surface area (Å²) in [6.07, 6.45) is -0.00338. The molecule has 0 bridgehead atoms. The summed E-state index contributed by atoms with van der Waals surface area (Å²) in [4.78, 5) is 2.38. The third-order valence-corrected chi connectivity index (χ3v) is 5.72. The van der Waals surface area contributed by atoms with Gasteiger partial charge in [-0.2, -0.15) is 5.10 Å². The fourth-order valence-corrected chi connectivity index (χ4v) is 4.39. The number of aryl methyl sites for hydroxylation is 3. The highest BCUT2D eigenvalue weighted by atomic mass is 16.5. The molecule has 2 aromatic carbocycles. The molecule has 0 spiro atoms. The second-order valence-electron chi connectivity index (χ2n) is 7.86. The molecule has 1 unspecified atom stereocenters. The summed E-state index contributed by atoms with van der Waals surface area (Å²) < 4.78 is 7.60. The van der Waals surface area contributed by atoms with E-state index in [9.17, 15) is 0 Å². The number of nitrogens with one attached hydrogen (secondary N) is 1. The van der Waals surface area contributed by atoms with Crippen LogP contribution < -0.4 is 10.2 Å². The van der Waals surface area contributed by atoms with E-state index in [1.165, 1.54) is 39.3 Å². The highest BCUT2D eigenvalue weighted by Gasteiger charge is 2.27. The summed E-state index contributed by atoms with van der Waals surface area (Å²) in [5.41, 5.74) is 9.68. The zero-order valence-corrected chi connectivity index (χ0v) is 16.7. The van der Waals surface area contributed by atoms with Crippen LogP contribution in [0, 0.1) is 20.8 Å². The molecule has 2 aliphatic rings. The van der Waals surface area contributed by atoms with Crippen molar-refractivity contribution < 1.29 is 4.74 Å². The monoisotopic (exact) mass is 374 g/mol. The highest BCUT2D eigenvalue weighted by Crippen LogP contribution is 2.41. The van der Waals surface area contributed by atoms with Crippen LogP contribution in [0.15, 0.2) is 42.5 Å². The van der Waals surface area contributed by atoms with Gasteiger partial charge in [0.2, 0.25) is 0 Å². The summed E-state index contributed by atoms with van der Waals surface area (Å²) in [5.74, 6) is 0. The van der Waals surface area contributed by atoms with Gasteiger partial charge in [0.05, 0.1) is 24.6 Å². The SMILES string of the molecule is Cc1cc(C)c2c(c1)-c1cc(C)nn1C(c1ccc(N3CCOCC3)cc1)N2. The highest BCUT2D eigenvalue weighted by molar-refractivity contribution is 5.82. The van der Waals surface area contributed by atoms with Crippen LogP contribution in [0.5, 0.6) is 0 Å². The van der Waals surface area contributed by atoms with Crippen molar-refractivity contribution in [3.05, 3.63) is 64.8 Å². The van der Waals surface area contributed by atoms with Crippen LogP contribution in [0.1, 0.15) is 28.6 Å². The van der Waals surface area contributed by atoms with Crippen molar-refractivity contribution in [1.82, 2.24) is 9.78 Å². The Morgan fingerprint density at radius 2 is 1.75 bits per heavy atom. The van der Waals surface area contributed by atoms with E-state index in [1.54, 1.807) is 0 Å². The smallest absolute Gasteiger partial charge is 0.147 e. The normalized spacial score (nSPS) is 18.4. The van der Waals surface area contributed by atoms with Crippen LogP contribution in [0.2, 0.25) is 0 Å². The van der Waals surface area contributed by atoms with Crippen molar-refractivity contribution in [1.29, 1.82) is 0 Å². The zero-order valence-electron chi connectivity index (χ0n) is 16.7. The molecule has 1 fully saturated rings. The maximum atomic E-state index is 5.47. The first-order valence-corrected chi connectivity index (χ1v) is 9.97. The van der Waals surface area contributed by atoms with Gasteiger partial charge in [-0.3, -0.25) is 0 Å². The van der Waals surface area contributed by atoms with Gasteiger partial charge in [-0.25, -0.2) is 4.68 Å². The summed E-state index contributed by atoms with van der Waals surface area (Å²) in [6, 6.07) is 15.6. The second-order valence-corrected chi connectivity index (χ2v) is 7.86. The summed E-state index contributed by atoms with van der Waals surface area (Å²) in [7, 11) is 0. The summed E-state index contributed by atoms with van der Waals surface area (Å²) in [6.45, 7) is 9.90. The van der Waals surface area contributed by atoms with E-state index in [4.69, 9.17) is 9.84 Å². The van der Waals surface area contributed by atoms with Gasteiger partial charge in [-0.15, -0.1) is 0 Å². The Morgan fingerprint density at radius 3 is 2.50 bits per heavy atom. The summed E-state index contributed by atoms with van der Waals surface area (Å²) in [5, 5.41) is 8.55. The average molecular weight is 374 g/mol. The lowest BCUT2D eigenvalue weighted by Crippen LogP contribution is -2.36. The molecule has 0 saturated carbocycles. The Morgan fingerprint density at radius 1 is 1.00 bits per heavy atom. The van der Waals surface area contributed by atoms with Crippen molar-refractivity contribution >= 4 is 11.4 Å². The third kappa shape index (κ3) is 2.87. The lowest BCUT2D eigenvalue weighted by Gasteiger charge is -2.32. The fraction of sp³-hybridized carbons (Fsp3) is 0.348. The standard InChI is InChI=1S/C23H26N4O/c1-15-12-16(2)22-20(13-15)21-14-17(3)25-27(21)23(24-22)18-4-6-19(7-5-18)26-8-10-28-11-9-26/h4-7,12-14,23-24H,8-11H2,1-3H3. The molecule has 1 N–H and O–H groups in total. The van der Waals surface area contributed by atoms with E-state index < -0.39 is 0 Å². The molecule has 5 heteroatoms. The lowest BCUT2D eigenvalue weighted by atomic mass is 9.98. The number of rotatable bonds is 2. The number of morpholine rings is 1. The minimum absolute atomic E-state index is 0.00338. The van der Waals surface area contributed by atoms with E-state index in [-0.39, 0.29) is 6.17 Å². The molecule has 0 radical (unpaired) electrons. The number of anilines is 2. The Kier molecular flexibility index (Phi) is 4.13. The number of nitrogens with zero attached hydrogens (tertiary/aromatic N) is 3. The number of fused-ring (bicyclic) bond motifs is 3. The largest absolute Gasteiger partial charge is 0.378 e. The molecule has 3 aromatic rings. The zero-order chi connectivity index (χ0) is 19.3. The first kappa shape index (κ1) is 17.3. The van der Waals surface area contributed by atoms with Crippen LogP contribution in [-0.4, -0.2) is 36.1 Å². The van der Waals surface area contributed by atoms with Crippen molar-refractivity contribution in [2.45, 2.75) is 26.9 Å². The van der Waals surface area contributed by atoms with Crippen molar-refractivity contribution in [3.63, 3.8) is 0 Å². The van der Waals surface area contributed by atoms with Crippen molar-refractivity contribution in [2.24, 2.45) is 0 Å². The maximum Gasteiger partial charge on any atom is 0.147 e. The number of hydrogen-bond donors (Lipinski definition) is 1. The van der Waals surface area contributed by atoms with Gasteiger partial charge in [-0.1, -0.05) is 23.8 Å². The molecule has 3 heterocycles. The van der Waals surface area contributed by atoms with Gasteiger partial charge < -0.3 is 15.0 Å².